The van der Waals surface area contributed by atoms with Crippen molar-refractivity contribution >= 4 is 15.9 Å². The predicted molar refractivity (Wildman–Crippen MR) is 82.0 cm³/mol. The molecule has 0 amide bonds. The van der Waals surface area contributed by atoms with Gasteiger partial charge in [0.1, 0.15) is 0 Å². The first kappa shape index (κ1) is 14.3. The Morgan fingerprint density at radius 2 is 1.95 bits per heavy atom. The first-order valence-electron chi connectivity index (χ1n) is 6.50. The Hall–Kier alpha value is -1.13. The number of aryl methyl sites for hydroxylation is 1. The number of nitrogens with two attached hydrogens (primary N) is 1. The van der Waals surface area contributed by atoms with Gasteiger partial charge in [0, 0.05) is 12.0 Å². The van der Waals surface area contributed by atoms with Crippen LogP contribution < -0.4 is 5.73 Å². The molecule has 0 fully saturated rings. The fourth-order valence-electron chi connectivity index (χ4n) is 2.32. The smallest absolute Gasteiger partial charge is 0.0702 e. The topological polar surface area (TPSA) is 43.8 Å². The Morgan fingerprint density at radius 3 is 2.53 bits per heavy atom. The number of rotatable bonds is 4. The molecule has 1 atom stereocenters. The van der Waals surface area contributed by atoms with E-state index in [-0.39, 0.29) is 11.5 Å². The van der Waals surface area contributed by atoms with E-state index in [0.29, 0.717) is 0 Å². The Labute approximate surface area is 122 Å². The molecule has 0 aliphatic carbocycles. The largest absolute Gasteiger partial charge is 0.322 e. The lowest BCUT2D eigenvalue weighted by Crippen LogP contribution is -2.35. The van der Waals surface area contributed by atoms with Gasteiger partial charge in [-0.15, -0.1) is 0 Å². The van der Waals surface area contributed by atoms with E-state index in [0.717, 1.165) is 16.7 Å². The SMILES string of the molecule is CCn1ncc(Br)c1C(N)C(C)(C)c1ccccc1. The molecule has 0 spiro atoms. The number of aromatic nitrogens is 2. The minimum atomic E-state index is -0.156. The summed E-state index contributed by atoms with van der Waals surface area (Å²) >= 11 is 3.56. The normalized spacial score (nSPS) is 13.5. The molecule has 0 radical (unpaired) electrons. The molecule has 0 bridgehead atoms. The number of hydrogen-bond donors (Lipinski definition) is 1. The van der Waals surface area contributed by atoms with Crippen LogP contribution in [0.25, 0.3) is 0 Å². The van der Waals surface area contributed by atoms with Crippen molar-refractivity contribution in [1.29, 1.82) is 0 Å². The third-order valence-electron chi connectivity index (χ3n) is 3.72. The van der Waals surface area contributed by atoms with Crippen molar-refractivity contribution in [3.8, 4) is 0 Å². The van der Waals surface area contributed by atoms with Gasteiger partial charge in [-0.05, 0) is 28.4 Å². The first-order chi connectivity index (χ1) is 8.98. The van der Waals surface area contributed by atoms with E-state index in [1.165, 1.54) is 5.56 Å². The van der Waals surface area contributed by atoms with Crippen molar-refractivity contribution in [1.82, 2.24) is 9.78 Å². The molecule has 1 heterocycles. The fourth-order valence-corrected chi connectivity index (χ4v) is 2.87. The van der Waals surface area contributed by atoms with Crippen LogP contribution in [0, 0.1) is 0 Å². The Kier molecular flexibility index (Phi) is 4.11. The highest BCUT2D eigenvalue weighted by Gasteiger charge is 2.33. The number of halogens is 1. The standard InChI is InChI=1S/C15H20BrN3/c1-4-19-13(12(16)10-18-19)14(17)15(2,3)11-8-6-5-7-9-11/h5-10,14H,4,17H2,1-3H3. The molecular formula is C15H20BrN3. The molecule has 1 aromatic heterocycles. The summed E-state index contributed by atoms with van der Waals surface area (Å²) in [6, 6.07) is 10.3. The summed E-state index contributed by atoms with van der Waals surface area (Å²) in [5, 5.41) is 4.35. The number of benzene rings is 1. The molecular weight excluding hydrogens is 302 g/mol. The fraction of sp³-hybridized carbons (Fsp3) is 0.400. The van der Waals surface area contributed by atoms with Crippen molar-refractivity contribution in [2.75, 3.05) is 0 Å². The molecule has 1 aromatic carbocycles. The molecule has 19 heavy (non-hydrogen) atoms. The van der Waals surface area contributed by atoms with Crippen LogP contribution in [0.5, 0.6) is 0 Å². The van der Waals surface area contributed by atoms with Crippen molar-refractivity contribution in [3.63, 3.8) is 0 Å². The van der Waals surface area contributed by atoms with Crippen LogP contribution in [0.2, 0.25) is 0 Å². The monoisotopic (exact) mass is 321 g/mol. The van der Waals surface area contributed by atoms with Crippen LogP contribution in [0.4, 0.5) is 0 Å². The minimum Gasteiger partial charge on any atom is -0.322 e. The average molecular weight is 322 g/mol. The van der Waals surface area contributed by atoms with Gasteiger partial charge >= 0.3 is 0 Å². The van der Waals surface area contributed by atoms with E-state index in [2.05, 4.69) is 66.1 Å². The highest BCUT2D eigenvalue weighted by atomic mass is 79.9. The molecule has 0 aliphatic heterocycles. The van der Waals surface area contributed by atoms with Gasteiger partial charge in [-0.3, -0.25) is 4.68 Å². The predicted octanol–water partition coefficient (Wildman–Crippen LogP) is 3.64. The lowest BCUT2D eigenvalue weighted by atomic mass is 9.77. The van der Waals surface area contributed by atoms with E-state index in [1.54, 1.807) is 0 Å². The zero-order chi connectivity index (χ0) is 14.0. The molecule has 0 aliphatic rings. The average Bonchev–Trinajstić information content (AvgIpc) is 2.79. The van der Waals surface area contributed by atoms with E-state index < -0.39 is 0 Å². The van der Waals surface area contributed by atoms with Crippen molar-refractivity contribution in [2.45, 2.75) is 38.8 Å². The summed E-state index contributed by atoms with van der Waals surface area (Å²) in [7, 11) is 0. The molecule has 102 valence electrons. The van der Waals surface area contributed by atoms with Crippen LogP contribution in [0.1, 0.15) is 38.1 Å². The minimum absolute atomic E-state index is 0.119. The van der Waals surface area contributed by atoms with E-state index >= 15 is 0 Å². The lowest BCUT2D eigenvalue weighted by Gasteiger charge is -2.32. The van der Waals surface area contributed by atoms with Gasteiger partial charge in [-0.2, -0.15) is 5.10 Å². The molecule has 2 rings (SSSR count). The van der Waals surface area contributed by atoms with Crippen molar-refractivity contribution in [2.24, 2.45) is 5.73 Å². The van der Waals surface area contributed by atoms with Crippen LogP contribution >= 0.6 is 15.9 Å². The van der Waals surface area contributed by atoms with E-state index in [9.17, 15) is 0 Å². The van der Waals surface area contributed by atoms with E-state index in [1.807, 2.05) is 16.9 Å². The third-order valence-corrected chi connectivity index (χ3v) is 4.33. The van der Waals surface area contributed by atoms with Gasteiger partial charge in [0.2, 0.25) is 0 Å². The van der Waals surface area contributed by atoms with Crippen LogP contribution in [-0.4, -0.2) is 9.78 Å². The Bertz CT molecular complexity index is 546. The molecule has 3 nitrogen and oxygen atoms in total. The van der Waals surface area contributed by atoms with Gasteiger partial charge in [0.05, 0.1) is 22.4 Å². The quantitative estimate of drug-likeness (QED) is 0.934. The molecule has 1 unspecified atom stereocenters. The van der Waals surface area contributed by atoms with Crippen LogP contribution in [0.3, 0.4) is 0 Å². The zero-order valence-corrected chi connectivity index (χ0v) is 13.2. The van der Waals surface area contributed by atoms with Crippen molar-refractivity contribution < 1.29 is 0 Å². The van der Waals surface area contributed by atoms with Crippen LogP contribution in [-0.2, 0) is 12.0 Å². The molecule has 2 N–H and O–H groups in total. The van der Waals surface area contributed by atoms with Gasteiger partial charge in [0.25, 0.3) is 0 Å². The molecule has 2 aromatic rings. The van der Waals surface area contributed by atoms with Crippen LogP contribution in [0.15, 0.2) is 41.0 Å². The number of nitrogens with zero attached hydrogens (tertiary/aromatic N) is 2. The first-order valence-corrected chi connectivity index (χ1v) is 7.30. The zero-order valence-electron chi connectivity index (χ0n) is 11.6. The van der Waals surface area contributed by atoms with Gasteiger partial charge in [-0.1, -0.05) is 44.2 Å². The summed E-state index contributed by atoms with van der Waals surface area (Å²) in [4.78, 5) is 0. The highest BCUT2D eigenvalue weighted by Crippen LogP contribution is 2.37. The maximum absolute atomic E-state index is 6.54. The highest BCUT2D eigenvalue weighted by molar-refractivity contribution is 9.10. The summed E-state index contributed by atoms with van der Waals surface area (Å²) in [5.74, 6) is 0. The second-order valence-electron chi connectivity index (χ2n) is 5.26. The summed E-state index contributed by atoms with van der Waals surface area (Å²) in [6.45, 7) is 7.24. The van der Waals surface area contributed by atoms with Gasteiger partial charge in [0.15, 0.2) is 0 Å². The summed E-state index contributed by atoms with van der Waals surface area (Å²) < 4.78 is 2.94. The maximum atomic E-state index is 6.54. The number of hydrogen-bond acceptors (Lipinski definition) is 2. The second-order valence-corrected chi connectivity index (χ2v) is 6.11. The summed E-state index contributed by atoms with van der Waals surface area (Å²) in [5.41, 5.74) is 8.67. The Morgan fingerprint density at radius 1 is 1.32 bits per heavy atom. The van der Waals surface area contributed by atoms with Gasteiger partial charge in [-0.25, -0.2) is 0 Å². The molecule has 4 heteroatoms. The second kappa shape index (κ2) is 5.47. The lowest BCUT2D eigenvalue weighted by molar-refractivity contribution is 0.393. The third kappa shape index (κ3) is 2.60. The Balaban J connectivity index is 2.43. The summed E-state index contributed by atoms with van der Waals surface area (Å²) in [6.07, 6.45) is 1.82. The molecule has 0 saturated heterocycles. The maximum Gasteiger partial charge on any atom is 0.0702 e. The molecule has 0 saturated carbocycles. The van der Waals surface area contributed by atoms with Crippen molar-refractivity contribution in [3.05, 3.63) is 52.3 Å². The van der Waals surface area contributed by atoms with E-state index in [4.69, 9.17) is 5.73 Å². The van der Waals surface area contributed by atoms with Gasteiger partial charge < -0.3 is 5.73 Å².